The predicted molar refractivity (Wildman–Crippen MR) is 129 cm³/mol. The van der Waals surface area contributed by atoms with Crippen molar-refractivity contribution in [3.05, 3.63) is 39.4 Å². The van der Waals surface area contributed by atoms with Crippen molar-refractivity contribution >= 4 is 45.8 Å². The summed E-state index contributed by atoms with van der Waals surface area (Å²) in [5, 5.41) is 16.0. The topological polar surface area (TPSA) is 90.9 Å². The van der Waals surface area contributed by atoms with Gasteiger partial charge in [-0.2, -0.15) is 5.10 Å². The summed E-state index contributed by atoms with van der Waals surface area (Å²) in [5.41, 5.74) is 2.23. The van der Waals surface area contributed by atoms with Gasteiger partial charge in [-0.05, 0) is 36.1 Å². The fourth-order valence-electron chi connectivity index (χ4n) is 4.01. The van der Waals surface area contributed by atoms with Gasteiger partial charge in [0.25, 0.3) is 5.91 Å². The van der Waals surface area contributed by atoms with Crippen LogP contribution in [0.4, 0.5) is 5.82 Å². The number of nitrogens with zero attached hydrogens (tertiary/aromatic N) is 4. The zero-order valence-corrected chi connectivity index (χ0v) is 20.4. The number of amides is 1. The number of carbonyl (C=O) groups is 1. The monoisotopic (exact) mass is 477 g/mol. The van der Waals surface area contributed by atoms with Crippen LogP contribution in [0.2, 0.25) is 10.2 Å². The molecule has 10 heteroatoms. The molecule has 1 amide bonds. The van der Waals surface area contributed by atoms with E-state index in [1.54, 1.807) is 4.57 Å². The lowest BCUT2D eigenvalue weighted by atomic mass is 9.86. The number of anilines is 1. The number of aromatic amines is 1. The minimum Gasteiger partial charge on any atom is -0.361 e. The van der Waals surface area contributed by atoms with Gasteiger partial charge in [0.05, 0.1) is 12.1 Å². The number of halogens is 2. The average molecular weight is 478 g/mol. The van der Waals surface area contributed by atoms with Crippen molar-refractivity contribution in [2.45, 2.75) is 39.2 Å². The van der Waals surface area contributed by atoms with Gasteiger partial charge in [-0.25, -0.2) is 4.98 Å². The van der Waals surface area contributed by atoms with E-state index < -0.39 is 0 Å². The number of H-pyrrole nitrogens is 1. The fourth-order valence-corrected chi connectivity index (χ4v) is 4.76. The van der Waals surface area contributed by atoms with Crippen LogP contribution in [0.3, 0.4) is 0 Å². The Kier molecular flexibility index (Phi) is 6.38. The number of benzene rings is 1. The minimum atomic E-state index is -0.0921. The van der Waals surface area contributed by atoms with Crippen molar-refractivity contribution in [2.75, 3.05) is 31.5 Å². The summed E-state index contributed by atoms with van der Waals surface area (Å²) >= 11 is 12.9. The molecule has 1 fully saturated rings. The van der Waals surface area contributed by atoms with Crippen LogP contribution in [0, 0.1) is 0 Å². The molecule has 0 unspecified atom stereocenters. The highest BCUT2D eigenvalue weighted by Crippen LogP contribution is 2.34. The molecule has 3 N–H and O–H groups in total. The van der Waals surface area contributed by atoms with Crippen LogP contribution in [0.15, 0.2) is 12.1 Å². The second-order valence-corrected chi connectivity index (χ2v) is 9.94. The first-order valence-electron chi connectivity index (χ1n) is 10.8. The Morgan fingerprint density at radius 3 is 2.75 bits per heavy atom. The van der Waals surface area contributed by atoms with Gasteiger partial charge in [-0.15, -0.1) is 0 Å². The van der Waals surface area contributed by atoms with Crippen molar-refractivity contribution in [2.24, 2.45) is 7.05 Å². The van der Waals surface area contributed by atoms with Crippen LogP contribution < -0.4 is 10.6 Å². The first-order chi connectivity index (χ1) is 15.2. The van der Waals surface area contributed by atoms with Crippen LogP contribution >= 0.6 is 23.2 Å². The van der Waals surface area contributed by atoms with Gasteiger partial charge in [0.2, 0.25) is 0 Å². The van der Waals surface area contributed by atoms with Crippen molar-refractivity contribution in [1.29, 1.82) is 0 Å². The van der Waals surface area contributed by atoms with Gasteiger partial charge in [0.1, 0.15) is 11.5 Å². The van der Waals surface area contributed by atoms with E-state index in [1.807, 2.05) is 18.0 Å². The number of hydrogen-bond donors (Lipinski definition) is 3. The summed E-state index contributed by atoms with van der Waals surface area (Å²) in [6, 6.07) is 3.97. The van der Waals surface area contributed by atoms with E-state index in [2.05, 4.69) is 52.7 Å². The first kappa shape index (κ1) is 22.9. The summed E-state index contributed by atoms with van der Waals surface area (Å²) in [7, 11) is 1.82. The Morgan fingerprint density at radius 1 is 1.22 bits per heavy atom. The molecule has 32 heavy (non-hydrogen) atoms. The Balaban J connectivity index is 1.56. The average Bonchev–Trinajstić information content (AvgIpc) is 3.09. The van der Waals surface area contributed by atoms with Crippen molar-refractivity contribution < 1.29 is 4.79 Å². The third kappa shape index (κ3) is 4.44. The number of aromatic nitrogens is 4. The molecule has 1 aliphatic rings. The molecular formula is C22H29Cl2N7O. The molecule has 172 valence electrons. The largest absolute Gasteiger partial charge is 0.361 e. The van der Waals surface area contributed by atoms with Crippen LogP contribution in [0.1, 0.15) is 49.1 Å². The number of hydrogen-bond acceptors (Lipinski definition) is 5. The zero-order valence-electron chi connectivity index (χ0n) is 18.9. The lowest BCUT2D eigenvalue weighted by Crippen LogP contribution is -2.35. The summed E-state index contributed by atoms with van der Waals surface area (Å²) in [6.07, 6.45) is 0.919. The molecule has 0 saturated carbocycles. The molecule has 8 nitrogen and oxygen atoms in total. The van der Waals surface area contributed by atoms with E-state index in [4.69, 9.17) is 23.2 Å². The quantitative estimate of drug-likeness (QED) is 0.529. The molecule has 3 aromatic rings. The Morgan fingerprint density at radius 2 is 2.00 bits per heavy atom. The molecule has 0 aliphatic carbocycles. The van der Waals surface area contributed by atoms with E-state index >= 15 is 0 Å². The fraction of sp³-hybridized carbons (Fsp3) is 0.500. The van der Waals surface area contributed by atoms with Gasteiger partial charge in [-0.1, -0.05) is 44.0 Å². The summed E-state index contributed by atoms with van der Waals surface area (Å²) < 4.78 is 1.77. The van der Waals surface area contributed by atoms with Crippen LogP contribution in [-0.2, 0) is 19.0 Å². The third-order valence-electron chi connectivity index (χ3n) is 5.85. The molecule has 0 atom stereocenters. The van der Waals surface area contributed by atoms with E-state index in [0.29, 0.717) is 42.0 Å². The second-order valence-electron chi connectivity index (χ2n) is 9.18. The predicted octanol–water partition coefficient (Wildman–Crippen LogP) is 3.95. The highest BCUT2D eigenvalue weighted by molar-refractivity contribution is 6.32. The molecule has 3 heterocycles. The maximum absolute atomic E-state index is 13.1. The van der Waals surface area contributed by atoms with Crippen molar-refractivity contribution in [3.8, 4) is 0 Å². The minimum absolute atomic E-state index is 0.0883. The number of rotatable bonds is 4. The number of fused-ring (bicyclic) bond motifs is 1. The molecule has 2 aromatic heterocycles. The van der Waals surface area contributed by atoms with Gasteiger partial charge < -0.3 is 20.1 Å². The maximum atomic E-state index is 13.1. The molecular weight excluding hydrogens is 449 g/mol. The van der Waals surface area contributed by atoms with Crippen molar-refractivity contribution in [1.82, 2.24) is 30.0 Å². The summed E-state index contributed by atoms with van der Waals surface area (Å²) in [6.45, 7) is 9.82. The molecule has 0 radical (unpaired) electrons. The van der Waals surface area contributed by atoms with Gasteiger partial charge >= 0.3 is 0 Å². The standard InChI is InChI=1S/C22H29Cl2N7O/c1-22(2,3)14-10-13-16(11-15(14)23)28-29-20(13)26-12-17-27-19(24)18(30(17)4)21(32)31-8-5-6-25-7-9-31/h10-11,25H,5-9,12H2,1-4H3,(H2,26,28,29). The number of carbonyl (C=O) groups excluding carboxylic acids is 1. The Hall–Kier alpha value is -2.29. The van der Waals surface area contributed by atoms with Gasteiger partial charge in [0, 0.05) is 37.1 Å². The molecule has 1 aromatic carbocycles. The van der Waals surface area contributed by atoms with E-state index in [1.165, 1.54) is 0 Å². The van der Waals surface area contributed by atoms with Crippen LogP contribution in [0.5, 0.6) is 0 Å². The molecule has 1 saturated heterocycles. The Labute approximate surface area is 197 Å². The molecule has 0 spiro atoms. The molecule has 4 rings (SSSR count). The van der Waals surface area contributed by atoms with Crippen LogP contribution in [0.25, 0.3) is 10.9 Å². The molecule has 1 aliphatic heterocycles. The maximum Gasteiger partial charge on any atom is 0.273 e. The smallest absolute Gasteiger partial charge is 0.273 e. The SMILES string of the molecule is Cn1c(CNc2n[nH]c3cc(Cl)c(C(C)(C)C)cc23)nc(Cl)c1C(=O)N1CCCNCC1. The highest BCUT2D eigenvalue weighted by atomic mass is 35.5. The molecule has 0 bridgehead atoms. The first-order valence-corrected chi connectivity index (χ1v) is 11.6. The van der Waals surface area contributed by atoms with Crippen LogP contribution in [-0.4, -0.2) is 56.7 Å². The number of nitrogens with one attached hydrogen (secondary N) is 3. The second kappa shape index (κ2) is 8.92. The van der Waals surface area contributed by atoms with Crippen molar-refractivity contribution in [3.63, 3.8) is 0 Å². The van der Waals surface area contributed by atoms with E-state index in [9.17, 15) is 4.79 Å². The summed E-state index contributed by atoms with van der Waals surface area (Å²) in [5.74, 6) is 1.27. The van der Waals surface area contributed by atoms with Gasteiger partial charge in [0.15, 0.2) is 11.0 Å². The Bertz CT molecular complexity index is 1140. The van der Waals surface area contributed by atoms with E-state index in [-0.39, 0.29) is 16.5 Å². The van der Waals surface area contributed by atoms with E-state index in [0.717, 1.165) is 36.0 Å². The normalized spacial score (nSPS) is 15.2. The lowest BCUT2D eigenvalue weighted by molar-refractivity contribution is 0.0756. The summed E-state index contributed by atoms with van der Waals surface area (Å²) in [4.78, 5) is 19.4. The highest BCUT2D eigenvalue weighted by Gasteiger charge is 2.26. The lowest BCUT2D eigenvalue weighted by Gasteiger charge is -2.20. The third-order valence-corrected chi connectivity index (χ3v) is 6.42. The van der Waals surface area contributed by atoms with Gasteiger partial charge in [-0.3, -0.25) is 9.89 Å². The number of imidazole rings is 1. The zero-order chi connectivity index (χ0) is 23.0.